The van der Waals surface area contributed by atoms with Gasteiger partial charge in [-0.1, -0.05) is 49.1 Å². The minimum absolute atomic E-state index is 0.116. The van der Waals surface area contributed by atoms with Crippen LogP contribution in [-0.2, 0) is 0 Å². The molecule has 4 nitrogen and oxygen atoms in total. The first-order valence-electron chi connectivity index (χ1n) is 7.51. The molecule has 3 rings (SSSR count). The van der Waals surface area contributed by atoms with Crippen LogP contribution >= 0.6 is 12.2 Å². The van der Waals surface area contributed by atoms with E-state index in [1.165, 1.54) is 0 Å². The highest BCUT2D eigenvalue weighted by Crippen LogP contribution is 2.27. The van der Waals surface area contributed by atoms with Gasteiger partial charge in [0.05, 0.1) is 11.3 Å². The lowest BCUT2D eigenvalue weighted by atomic mass is 10.1. The van der Waals surface area contributed by atoms with Gasteiger partial charge in [-0.25, -0.2) is 0 Å². The smallest absolute Gasteiger partial charge is 0.200 e. The Morgan fingerprint density at radius 3 is 2.75 bits per heavy atom. The van der Waals surface area contributed by atoms with Crippen molar-refractivity contribution in [2.75, 3.05) is 0 Å². The molecule has 0 spiro atoms. The minimum atomic E-state index is 0.116. The van der Waals surface area contributed by atoms with Crippen LogP contribution in [0.25, 0.3) is 22.0 Å². The number of fused-ring (bicyclic) bond motifs is 1. The summed E-state index contributed by atoms with van der Waals surface area (Å²) in [5.74, 6) is 0.650. The van der Waals surface area contributed by atoms with E-state index in [4.69, 9.17) is 12.2 Å². The van der Waals surface area contributed by atoms with Crippen LogP contribution in [0.5, 0.6) is 0 Å². The maximum atomic E-state index is 10.2. The molecule has 0 aliphatic heterocycles. The summed E-state index contributed by atoms with van der Waals surface area (Å²) in [6, 6.07) is 14.1. The number of nitrogens with zero attached hydrogens (tertiary/aromatic N) is 2. The molecule has 0 bridgehead atoms. The first-order valence-corrected chi connectivity index (χ1v) is 7.92. The monoisotopic (exact) mass is 335 g/mol. The van der Waals surface area contributed by atoms with Crippen LogP contribution in [0.4, 0.5) is 0 Å². The molecule has 1 heterocycles. The van der Waals surface area contributed by atoms with Crippen LogP contribution in [-0.4, -0.2) is 19.9 Å². The van der Waals surface area contributed by atoms with Crippen LogP contribution in [0.2, 0.25) is 0 Å². The molecule has 0 atom stereocenters. The van der Waals surface area contributed by atoms with Crippen molar-refractivity contribution < 1.29 is 5.11 Å². The third-order valence-electron chi connectivity index (χ3n) is 3.75. The van der Waals surface area contributed by atoms with E-state index >= 15 is 0 Å². The molecular formula is C19H17N3OS. The summed E-state index contributed by atoms with van der Waals surface area (Å²) in [6.45, 7) is 5.47. The Morgan fingerprint density at radius 2 is 2.00 bits per heavy atom. The molecule has 2 aromatic carbocycles. The standard InChI is InChI=1S/C19H17N3OS/c1-3-8-15(17(23)4-2)18-20-21-19(24)22(18)16-12-7-10-13-9-5-6-11-14(13)16/h3-12,23H,1H2,2H3,(H,21,24)/b15-8+,17-4+. The Balaban J connectivity index is 2.34. The third-order valence-corrected chi connectivity index (χ3v) is 4.03. The second kappa shape index (κ2) is 6.68. The Bertz CT molecular complexity index is 1020. The fraction of sp³-hybridized carbons (Fsp3) is 0.0526. The molecule has 5 heteroatoms. The van der Waals surface area contributed by atoms with Crippen molar-refractivity contribution >= 4 is 28.6 Å². The number of H-pyrrole nitrogens is 1. The molecule has 24 heavy (non-hydrogen) atoms. The van der Waals surface area contributed by atoms with Crippen molar-refractivity contribution in [1.29, 1.82) is 0 Å². The molecule has 0 saturated carbocycles. The summed E-state index contributed by atoms with van der Waals surface area (Å²) in [7, 11) is 0. The summed E-state index contributed by atoms with van der Waals surface area (Å²) in [6.07, 6.45) is 4.93. The summed E-state index contributed by atoms with van der Waals surface area (Å²) in [5.41, 5.74) is 1.45. The molecule has 0 fully saturated rings. The number of aromatic amines is 1. The number of rotatable bonds is 4. The van der Waals surface area contributed by atoms with E-state index in [0.29, 0.717) is 16.2 Å². The summed E-state index contributed by atoms with van der Waals surface area (Å²) < 4.78 is 2.28. The Kier molecular flexibility index (Phi) is 4.44. The van der Waals surface area contributed by atoms with Gasteiger partial charge in [0, 0.05) is 5.39 Å². The molecule has 0 aliphatic carbocycles. The highest BCUT2D eigenvalue weighted by molar-refractivity contribution is 7.71. The average molecular weight is 335 g/mol. The van der Waals surface area contributed by atoms with Gasteiger partial charge in [-0.3, -0.25) is 9.67 Å². The number of aromatic nitrogens is 3. The van der Waals surface area contributed by atoms with E-state index in [1.54, 1.807) is 25.2 Å². The number of benzene rings is 2. The lowest BCUT2D eigenvalue weighted by Crippen LogP contribution is -2.03. The van der Waals surface area contributed by atoms with Gasteiger partial charge in [0.25, 0.3) is 0 Å². The number of nitrogens with one attached hydrogen (secondary N) is 1. The molecule has 3 aromatic rings. The van der Waals surface area contributed by atoms with Gasteiger partial charge in [0.15, 0.2) is 10.6 Å². The highest BCUT2D eigenvalue weighted by Gasteiger charge is 2.17. The topological polar surface area (TPSA) is 53.8 Å². The first kappa shape index (κ1) is 16.0. The van der Waals surface area contributed by atoms with Gasteiger partial charge in [-0.05, 0) is 42.7 Å². The number of aliphatic hydroxyl groups excluding tert-OH is 1. The van der Waals surface area contributed by atoms with Crippen LogP contribution in [0.15, 0.2) is 73.0 Å². The van der Waals surface area contributed by atoms with Gasteiger partial charge in [0.1, 0.15) is 5.76 Å². The fourth-order valence-corrected chi connectivity index (χ4v) is 2.88. The summed E-state index contributed by atoms with van der Waals surface area (Å²) in [4.78, 5) is 0. The van der Waals surface area contributed by atoms with E-state index in [9.17, 15) is 5.11 Å². The lowest BCUT2D eigenvalue weighted by Gasteiger charge is -2.12. The minimum Gasteiger partial charge on any atom is -0.508 e. The fourth-order valence-electron chi connectivity index (χ4n) is 2.65. The Hall–Kier alpha value is -2.92. The van der Waals surface area contributed by atoms with Crippen molar-refractivity contribution in [2.45, 2.75) is 6.92 Å². The third kappa shape index (κ3) is 2.70. The summed E-state index contributed by atoms with van der Waals surface area (Å²) >= 11 is 5.43. The zero-order chi connectivity index (χ0) is 17.1. The lowest BCUT2D eigenvalue weighted by molar-refractivity contribution is 0.436. The molecule has 0 amide bonds. The van der Waals surface area contributed by atoms with Gasteiger partial charge in [0.2, 0.25) is 0 Å². The van der Waals surface area contributed by atoms with E-state index in [2.05, 4.69) is 16.8 Å². The predicted octanol–water partition coefficient (Wildman–Crippen LogP) is 5.11. The molecule has 0 unspecified atom stereocenters. The molecular weight excluding hydrogens is 318 g/mol. The Labute approximate surface area is 145 Å². The van der Waals surface area contributed by atoms with Crippen LogP contribution < -0.4 is 0 Å². The number of hydrogen-bond acceptors (Lipinski definition) is 3. The zero-order valence-electron chi connectivity index (χ0n) is 13.2. The quantitative estimate of drug-likeness (QED) is 0.395. The van der Waals surface area contributed by atoms with Crippen molar-refractivity contribution in [3.8, 4) is 5.69 Å². The number of allylic oxidation sites excluding steroid dienone is 4. The van der Waals surface area contributed by atoms with Crippen LogP contribution in [0.3, 0.4) is 0 Å². The molecule has 0 radical (unpaired) electrons. The van der Waals surface area contributed by atoms with Crippen molar-refractivity contribution in [3.63, 3.8) is 0 Å². The number of aliphatic hydroxyl groups is 1. The second-order valence-electron chi connectivity index (χ2n) is 5.18. The van der Waals surface area contributed by atoms with Crippen molar-refractivity contribution in [2.24, 2.45) is 0 Å². The molecule has 0 saturated heterocycles. The normalized spacial score (nSPS) is 12.5. The van der Waals surface area contributed by atoms with Crippen LogP contribution in [0.1, 0.15) is 12.7 Å². The Morgan fingerprint density at radius 1 is 1.25 bits per heavy atom. The maximum absolute atomic E-state index is 10.2. The molecule has 120 valence electrons. The van der Waals surface area contributed by atoms with E-state index in [1.807, 2.05) is 47.0 Å². The first-order chi connectivity index (χ1) is 11.7. The maximum Gasteiger partial charge on any atom is 0.200 e. The summed E-state index contributed by atoms with van der Waals surface area (Å²) in [5, 5.41) is 19.5. The van der Waals surface area contributed by atoms with Gasteiger partial charge in [-0.15, -0.1) is 0 Å². The number of hydrogen-bond donors (Lipinski definition) is 2. The van der Waals surface area contributed by atoms with Gasteiger partial charge in [-0.2, -0.15) is 5.10 Å². The molecule has 0 aliphatic rings. The van der Waals surface area contributed by atoms with E-state index < -0.39 is 0 Å². The zero-order valence-corrected chi connectivity index (χ0v) is 14.0. The molecule has 2 N–H and O–H groups in total. The van der Waals surface area contributed by atoms with E-state index in [0.717, 1.165) is 16.5 Å². The van der Waals surface area contributed by atoms with E-state index in [-0.39, 0.29) is 5.76 Å². The highest BCUT2D eigenvalue weighted by atomic mass is 32.1. The molecule has 1 aromatic heterocycles. The van der Waals surface area contributed by atoms with Crippen molar-refractivity contribution in [1.82, 2.24) is 14.8 Å². The average Bonchev–Trinajstić information content (AvgIpc) is 2.99. The largest absolute Gasteiger partial charge is 0.508 e. The predicted molar refractivity (Wildman–Crippen MR) is 101 cm³/mol. The van der Waals surface area contributed by atoms with Crippen molar-refractivity contribution in [3.05, 3.63) is 83.6 Å². The second-order valence-corrected chi connectivity index (χ2v) is 5.56. The van der Waals surface area contributed by atoms with Gasteiger partial charge >= 0.3 is 0 Å². The van der Waals surface area contributed by atoms with Crippen LogP contribution in [0, 0.1) is 4.77 Å². The van der Waals surface area contributed by atoms with Gasteiger partial charge < -0.3 is 5.11 Å². The SMILES string of the molecule is C=C/C=C(\C(O)=C/C)c1n[nH]c(=S)n1-c1cccc2ccccc12.